The number of amides is 1. The number of thiazole rings is 1. The van der Waals surface area contributed by atoms with Crippen LogP contribution >= 0.6 is 11.3 Å². The minimum atomic E-state index is -1.13. The second-order valence-electron chi connectivity index (χ2n) is 2.78. The van der Waals surface area contributed by atoms with Crippen LogP contribution in [0.3, 0.4) is 0 Å². The molecule has 0 aromatic carbocycles. The van der Waals surface area contributed by atoms with Crippen LogP contribution < -0.4 is 5.32 Å². The zero-order valence-corrected chi connectivity index (χ0v) is 9.43. The van der Waals surface area contributed by atoms with Crippen LogP contribution in [0.5, 0.6) is 0 Å². The zero-order chi connectivity index (χ0) is 12.0. The van der Waals surface area contributed by atoms with E-state index in [1.807, 2.05) is 0 Å². The highest BCUT2D eigenvalue weighted by Crippen LogP contribution is 2.09. The smallest absolute Gasteiger partial charge is 0.355 e. The van der Waals surface area contributed by atoms with E-state index in [9.17, 15) is 9.59 Å². The third-order valence-corrected chi connectivity index (χ3v) is 2.47. The van der Waals surface area contributed by atoms with Crippen LogP contribution in [0.15, 0.2) is 5.38 Å². The van der Waals surface area contributed by atoms with Gasteiger partial charge >= 0.3 is 5.97 Å². The summed E-state index contributed by atoms with van der Waals surface area (Å²) >= 11 is 1.01. The molecule has 0 aliphatic heterocycles. The summed E-state index contributed by atoms with van der Waals surface area (Å²) in [5.74, 6) is 4.01. The number of carboxylic acids is 1. The number of aromatic nitrogens is 1. The van der Waals surface area contributed by atoms with Crippen LogP contribution in [0.2, 0.25) is 0 Å². The second-order valence-corrected chi connectivity index (χ2v) is 3.63. The fraction of sp³-hybridized carbons (Fsp3) is 0.300. The number of nitrogens with one attached hydrogen (secondary N) is 1. The van der Waals surface area contributed by atoms with Crippen molar-refractivity contribution in [3.8, 4) is 11.8 Å². The molecule has 0 atom stereocenters. The molecule has 0 aliphatic rings. The Hall–Kier alpha value is -1.87. The fourth-order valence-electron chi connectivity index (χ4n) is 0.915. The monoisotopic (exact) mass is 238 g/mol. The van der Waals surface area contributed by atoms with E-state index in [4.69, 9.17) is 5.11 Å². The summed E-state index contributed by atoms with van der Waals surface area (Å²) in [5.41, 5.74) is -0.108. The number of rotatable bonds is 4. The largest absolute Gasteiger partial charge is 0.476 e. The Kier molecular flexibility index (Phi) is 4.48. The van der Waals surface area contributed by atoms with Crippen molar-refractivity contribution in [2.24, 2.45) is 0 Å². The predicted molar refractivity (Wildman–Crippen MR) is 59.5 cm³/mol. The summed E-state index contributed by atoms with van der Waals surface area (Å²) in [6.07, 6.45) is 0.569. The van der Waals surface area contributed by atoms with Crippen molar-refractivity contribution in [2.75, 3.05) is 6.54 Å². The van der Waals surface area contributed by atoms with Crippen molar-refractivity contribution in [3.63, 3.8) is 0 Å². The SMILES string of the molecule is CC#CCCNC(=O)c1nc(C(=O)O)cs1. The Bertz CT molecular complexity index is 456. The fourth-order valence-corrected chi connectivity index (χ4v) is 1.62. The van der Waals surface area contributed by atoms with Gasteiger partial charge in [0.2, 0.25) is 0 Å². The van der Waals surface area contributed by atoms with Crippen molar-refractivity contribution >= 4 is 23.2 Å². The summed E-state index contributed by atoms with van der Waals surface area (Å²) in [7, 11) is 0. The normalized spacial score (nSPS) is 9.06. The standard InChI is InChI=1S/C10H10N2O3S/c1-2-3-4-5-11-8(13)9-12-7(6-16-9)10(14)15/h6H,4-5H2,1H3,(H,11,13)(H,14,15). The Balaban J connectivity index is 2.51. The molecule has 0 saturated heterocycles. The molecule has 1 heterocycles. The summed E-state index contributed by atoms with van der Waals surface area (Å²) in [6, 6.07) is 0. The van der Waals surface area contributed by atoms with Gasteiger partial charge in [-0.3, -0.25) is 4.79 Å². The third-order valence-electron chi connectivity index (χ3n) is 1.63. The summed E-state index contributed by atoms with van der Waals surface area (Å²) in [4.78, 5) is 25.6. The number of hydrogen-bond acceptors (Lipinski definition) is 4. The molecule has 6 heteroatoms. The highest BCUT2D eigenvalue weighted by atomic mass is 32.1. The van der Waals surface area contributed by atoms with Gasteiger partial charge in [0.15, 0.2) is 10.7 Å². The minimum absolute atomic E-state index is 0.108. The van der Waals surface area contributed by atoms with Gasteiger partial charge in [-0.15, -0.1) is 23.2 Å². The van der Waals surface area contributed by atoms with Crippen LogP contribution in [0.1, 0.15) is 33.6 Å². The number of nitrogens with zero attached hydrogens (tertiary/aromatic N) is 1. The molecule has 0 aliphatic carbocycles. The molecule has 1 aromatic heterocycles. The van der Waals surface area contributed by atoms with Gasteiger partial charge in [0, 0.05) is 18.3 Å². The molecule has 0 radical (unpaired) electrons. The highest BCUT2D eigenvalue weighted by molar-refractivity contribution is 7.11. The molecule has 16 heavy (non-hydrogen) atoms. The highest BCUT2D eigenvalue weighted by Gasteiger charge is 2.13. The van der Waals surface area contributed by atoms with Crippen LogP contribution in [0, 0.1) is 11.8 Å². The van der Waals surface area contributed by atoms with E-state index in [2.05, 4.69) is 22.1 Å². The van der Waals surface area contributed by atoms with Gasteiger partial charge in [0.25, 0.3) is 5.91 Å². The summed E-state index contributed by atoms with van der Waals surface area (Å²) < 4.78 is 0. The van der Waals surface area contributed by atoms with Gasteiger partial charge in [-0.25, -0.2) is 9.78 Å². The first kappa shape index (κ1) is 12.2. The molecule has 1 aromatic rings. The Morgan fingerprint density at radius 1 is 1.62 bits per heavy atom. The van der Waals surface area contributed by atoms with E-state index in [1.165, 1.54) is 5.38 Å². The second kappa shape index (κ2) is 5.88. The quantitative estimate of drug-likeness (QED) is 0.605. The van der Waals surface area contributed by atoms with Crippen LogP contribution in [-0.4, -0.2) is 28.5 Å². The van der Waals surface area contributed by atoms with Gasteiger partial charge in [-0.2, -0.15) is 0 Å². The molecule has 1 rings (SSSR count). The minimum Gasteiger partial charge on any atom is -0.476 e. The molecule has 0 unspecified atom stereocenters. The van der Waals surface area contributed by atoms with Crippen molar-refractivity contribution < 1.29 is 14.7 Å². The average Bonchev–Trinajstić information content (AvgIpc) is 2.73. The molecular weight excluding hydrogens is 228 g/mol. The maximum absolute atomic E-state index is 11.4. The van der Waals surface area contributed by atoms with Gasteiger partial charge in [-0.05, 0) is 6.92 Å². The molecule has 5 nitrogen and oxygen atoms in total. The number of carbonyl (C=O) groups excluding carboxylic acids is 1. The molecule has 0 fully saturated rings. The van der Waals surface area contributed by atoms with Crippen LogP contribution in [0.25, 0.3) is 0 Å². The lowest BCUT2D eigenvalue weighted by Crippen LogP contribution is -2.24. The molecule has 0 saturated carbocycles. The number of carbonyl (C=O) groups is 2. The first-order valence-electron chi connectivity index (χ1n) is 4.51. The first-order chi connectivity index (χ1) is 7.65. The van der Waals surface area contributed by atoms with Crippen LogP contribution in [-0.2, 0) is 0 Å². The van der Waals surface area contributed by atoms with Crippen molar-refractivity contribution in [1.29, 1.82) is 0 Å². The molecular formula is C10H10N2O3S. The predicted octanol–water partition coefficient (Wildman–Crippen LogP) is 0.985. The summed E-state index contributed by atoms with van der Waals surface area (Å²) in [6.45, 7) is 2.16. The van der Waals surface area contributed by atoms with E-state index in [-0.39, 0.29) is 16.6 Å². The Morgan fingerprint density at radius 2 is 2.38 bits per heavy atom. The Morgan fingerprint density at radius 3 is 2.94 bits per heavy atom. The maximum atomic E-state index is 11.4. The number of hydrogen-bond donors (Lipinski definition) is 2. The van der Waals surface area contributed by atoms with Gasteiger partial charge in [-0.1, -0.05) is 0 Å². The first-order valence-corrected chi connectivity index (χ1v) is 5.39. The molecule has 1 amide bonds. The van der Waals surface area contributed by atoms with E-state index >= 15 is 0 Å². The topological polar surface area (TPSA) is 79.3 Å². The lowest BCUT2D eigenvalue weighted by molar-refractivity contribution is 0.0691. The molecule has 0 bridgehead atoms. The van der Waals surface area contributed by atoms with Gasteiger partial charge < -0.3 is 10.4 Å². The molecule has 2 N–H and O–H groups in total. The number of aromatic carboxylic acids is 1. The van der Waals surface area contributed by atoms with Crippen molar-refractivity contribution in [2.45, 2.75) is 13.3 Å². The Labute approximate surface area is 96.5 Å². The lowest BCUT2D eigenvalue weighted by atomic mass is 10.4. The van der Waals surface area contributed by atoms with Crippen molar-refractivity contribution in [3.05, 3.63) is 16.1 Å². The molecule has 0 spiro atoms. The van der Waals surface area contributed by atoms with E-state index in [0.717, 1.165) is 11.3 Å². The van der Waals surface area contributed by atoms with E-state index in [0.29, 0.717) is 13.0 Å². The van der Waals surface area contributed by atoms with Crippen molar-refractivity contribution in [1.82, 2.24) is 10.3 Å². The summed E-state index contributed by atoms with van der Waals surface area (Å²) in [5, 5.41) is 12.7. The van der Waals surface area contributed by atoms with Gasteiger partial charge in [0.1, 0.15) is 0 Å². The lowest BCUT2D eigenvalue weighted by Gasteiger charge is -1.97. The van der Waals surface area contributed by atoms with E-state index in [1.54, 1.807) is 6.92 Å². The average molecular weight is 238 g/mol. The maximum Gasteiger partial charge on any atom is 0.355 e. The van der Waals surface area contributed by atoms with Crippen LogP contribution in [0.4, 0.5) is 0 Å². The third kappa shape index (κ3) is 3.37. The zero-order valence-electron chi connectivity index (χ0n) is 8.61. The number of carboxylic acid groups (broad SMARTS) is 1. The van der Waals surface area contributed by atoms with E-state index < -0.39 is 5.97 Å². The molecule has 84 valence electrons. The van der Waals surface area contributed by atoms with Gasteiger partial charge in [0.05, 0.1) is 0 Å².